The molecule has 7 nitrogen and oxygen atoms in total. The molecule has 0 atom stereocenters. The Kier molecular flexibility index (Phi) is 8.47. The summed E-state index contributed by atoms with van der Waals surface area (Å²) in [5.41, 5.74) is 4.14. The van der Waals surface area contributed by atoms with E-state index in [1.54, 1.807) is 21.3 Å². The van der Waals surface area contributed by atoms with Gasteiger partial charge in [-0.15, -0.1) is 0 Å². The molecule has 1 N–H and O–H groups in total. The Balaban J connectivity index is 1.49. The molecule has 7 heteroatoms. The molecule has 188 valence electrons. The van der Waals surface area contributed by atoms with Gasteiger partial charge in [0.1, 0.15) is 12.4 Å². The number of benzene rings is 3. The fourth-order valence-electron chi connectivity index (χ4n) is 4.16. The zero-order valence-corrected chi connectivity index (χ0v) is 21.0. The molecule has 0 fully saturated rings. The molecule has 1 heterocycles. The van der Waals surface area contributed by atoms with Gasteiger partial charge in [0, 0.05) is 30.2 Å². The van der Waals surface area contributed by atoms with Gasteiger partial charge in [0.2, 0.25) is 5.91 Å². The van der Waals surface area contributed by atoms with Crippen LogP contribution in [-0.2, 0) is 29.1 Å². The number of amides is 1. The van der Waals surface area contributed by atoms with E-state index in [2.05, 4.69) is 4.98 Å². The molecule has 1 aromatic heterocycles. The van der Waals surface area contributed by atoms with E-state index in [0.29, 0.717) is 37.6 Å². The van der Waals surface area contributed by atoms with Gasteiger partial charge in [0.05, 0.1) is 27.9 Å². The van der Waals surface area contributed by atoms with E-state index in [1.165, 1.54) is 0 Å². The molecule has 0 bridgehead atoms. The number of carbonyl (C=O) groups excluding carboxylic acids is 1. The van der Waals surface area contributed by atoms with Crippen molar-refractivity contribution in [2.24, 2.45) is 0 Å². The highest BCUT2D eigenvalue weighted by molar-refractivity contribution is 5.84. The molecule has 4 aromatic rings. The number of fused-ring (bicyclic) bond motifs is 1. The summed E-state index contributed by atoms with van der Waals surface area (Å²) in [5.74, 6) is 2.01. The Morgan fingerprint density at radius 3 is 2.42 bits per heavy atom. The SMILES string of the molecule is COc1ccc2[nH]cc(CCN(Cc3ccc(OC)c(OC)c3)C(=O)COCc3ccccc3)c2c1. The average molecular weight is 489 g/mol. The monoisotopic (exact) mass is 488 g/mol. The lowest BCUT2D eigenvalue weighted by atomic mass is 10.1. The fourth-order valence-corrected chi connectivity index (χ4v) is 4.16. The molecular weight excluding hydrogens is 456 g/mol. The Hall–Kier alpha value is -3.97. The minimum Gasteiger partial charge on any atom is -0.497 e. The number of nitrogens with zero attached hydrogens (tertiary/aromatic N) is 1. The highest BCUT2D eigenvalue weighted by atomic mass is 16.5. The van der Waals surface area contributed by atoms with Crippen molar-refractivity contribution in [1.29, 1.82) is 0 Å². The number of H-pyrrole nitrogens is 1. The van der Waals surface area contributed by atoms with E-state index < -0.39 is 0 Å². The smallest absolute Gasteiger partial charge is 0.248 e. The average Bonchev–Trinajstić information content (AvgIpc) is 3.33. The van der Waals surface area contributed by atoms with Gasteiger partial charge >= 0.3 is 0 Å². The molecule has 0 aliphatic rings. The Bertz CT molecular complexity index is 1290. The second-order valence-electron chi connectivity index (χ2n) is 8.46. The van der Waals surface area contributed by atoms with Crippen LogP contribution in [0.25, 0.3) is 10.9 Å². The number of hydrogen-bond donors (Lipinski definition) is 1. The Morgan fingerprint density at radius 2 is 1.67 bits per heavy atom. The summed E-state index contributed by atoms with van der Waals surface area (Å²) in [6, 6.07) is 21.5. The molecule has 0 saturated heterocycles. The van der Waals surface area contributed by atoms with E-state index in [4.69, 9.17) is 18.9 Å². The molecular formula is C29H32N2O5. The highest BCUT2D eigenvalue weighted by Gasteiger charge is 2.17. The first-order chi connectivity index (χ1) is 17.6. The second kappa shape index (κ2) is 12.1. The van der Waals surface area contributed by atoms with Gasteiger partial charge in [-0.25, -0.2) is 0 Å². The minimum atomic E-state index is -0.0712. The van der Waals surface area contributed by atoms with Crippen LogP contribution in [0.15, 0.2) is 72.9 Å². The summed E-state index contributed by atoms with van der Waals surface area (Å²) in [6.45, 7) is 1.36. The molecule has 36 heavy (non-hydrogen) atoms. The van der Waals surface area contributed by atoms with E-state index in [-0.39, 0.29) is 12.5 Å². The van der Waals surface area contributed by atoms with Crippen molar-refractivity contribution in [2.75, 3.05) is 34.5 Å². The maximum atomic E-state index is 13.3. The lowest BCUT2D eigenvalue weighted by molar-refractivity contribution is -0.137. The van der Waals surface area contributed by atoms with Crippen LogP contribution in [0.3, 0.4) is 0 Å². The molecule has 0 saturated carbocycles. The Labute approximate surface area is 211 Å². The number of ether oxygens (including phenoxy) is 4. The van der Waals surface area contributed by atoms with Crippen LogP contribution >= 0.6 is 0 Å². The van der Waals surface area contributed by atoms with Gasteiger partial charge in [-0.2, -0.15) is 0 Å². The van der Waals surface area contributed by atoms with Crippen molar-refractivity contribution in [1.82, 2.24) is 9.88 Å². The lowest BCUT2D eigenvalue weighted by Crippen LogP contribution is -2.35. The van der Waals surface area contributed by atoms with Crippen molar-refractivity contribution < 1.29 is 23.7 Å². The van der Waals surface area contributed by atoms with Crippen molar-refractivity contribution in [3.8, 4) is 17.2 Å². The van der Waals surface area contributed by atoms with Gasteiger partial charge in [0.15, 0.2) is 11.5 Å². The molecule has 1 amide bonds. The van der Waals surface area contributed by atoms with Crippen molar-refractivity contribution >= 4 is 16.8 Å². The maximum Gasteiger partial charge on any atom is 0.248 e. The summed E-state index contributed by atoms with van der Waals surface area (Å²) in [5, 5.41) is 1.09. The van der Waals surface area contributed by atoms with Crippen molar-refractivity contribution in [3.05, 3.63) is 89.6 Å². The second-order valence-corrected chi connectivity index (χ2v) is 8.46. The van der Waals surface area contributed by atoms with Gasteiger partial charge < -0.3 is 28.8 Å². The summed E-state index contributed by atoms with van der Waals surface area (Å²) in [4.78, 5) is 18.4. The molecule has 0 radical (unpaired) electrons. The van der Waals surface area contributed by atoms with Gasteiger partial charge in [-0.1, -0.05) is 36.4 Å². The van der Waals surface area contributed by atoms with E-state index >= 15 is 0 Å². The number of nitrogens with one attached hydrogen (secondary N) is 1. The fraction of sp³-hybridized carbons (Fsp3) is 0.276. The van der Waals surface area contributed by atoms with Crippen LogP contribution in [0, 0.1) is 0 Å². The number of methoxy groups -OCH3 is 3. The quantitative estimate of drug-likeness (QED) is 0.304. The van der Waals surface area contributed by atoms with Crippen LogP contribution in [0.2, 0.25) is 0 Å². The van der Waals surface area contributed by atoms with Crippen molar-refractivity contribution in [2.45, 2.75) is 19.6 Å². The summed E-state index contributed by atoms with van der Waals surface area (Å²) >= 11 is 0. The van der Waals surface area contributed by atoms with Crippen LogP contribution in [-0.4, -0.2) is 50.3 Å². The predicted molar refractivity (Wildman–Crippen MR) is 140 cm³/mol. The third kappa shape index (κ3) is 6.17. The zero-order chi connectivity index (χ0) is 25.3. The number of hydrogen-bond acceptors (Lipinski definition) is 5. The number of aromatic nitrogens is 1. The first-order valence-corrected chi connectivity index (χ1v) is 11.9. The van der Waals surface area contributed by atoms with Gasteiger partial charge in [0.25, 0.3) is 0 Å². The topological polar surface area (TPSA) is 73.0 Å². The third-order valence-electron chi connectivity index (χ3n) is 6.14. The lowest BCUT2D eigenvalue weighted by Gasteiger charge is -2.23. The van der Waals surface area contributed by atoms with Crippen LogP contribution < -0.4 is 14.2 Å². The predicted octanol–water partition coefficient (Wildman–Crippen LogP) is 4.98. The summed E-state index contributed by atoms with van der Waals surface area (Å²) in [7, 11) is 4.87. The van der Waals surface area contributed by atoms with E-state index in [0.717, 1.165) is 33.3 Å². The molecule has 0 aliphatic heterocycles. The highest BCUT2D eigenvalue weighted by Crippen LogP contribution is 2.28. The standard InChI is InChI=1S/C29H32N2O5/c1-33-24-10-11-26-25(16-24)23(17-30-26)13-14-31(18-22-9-12-27(34-2)28(15-22)35-3)29(32)20-36-19-21-7-5-4-6-8-21/h4-12,15-17,30H,13-14,18-20H2,1-3H3. The van der Waals surface area contributed by atoms with Crippen LogP contribution in [0.5, 0.6) is 17.2 Å². The molecule has 0 aliphatic carbocycles. The molecule has 4 rings (SSSR count). The summed E-state index contributed by atoms with van der Waals surface area (Å²) in [6.07, 6.45) is 2.68. The van der Waals surface area contributed by atoms with Crippen LogP contribution in [0.1, 0.15) is 16.7 Å². The Morgan fingerprint density at radius 1 is 0.861 bits per heavy atom. The van der Waals surface area contributed by atoms with E-state index in [9.17, 15) is 4.79 Å². The van der Waals surface area contributed by atoms with Gasteiger partial charge in [-0.05, 0) is 53.4 Å². The first-order valence-electron chi connectivity index (χ1n) is 11.9. The van der Waals surface area contributed by atoms with Gasteiger partial charge in [-0.3, -0.25) is 4.79 Å². The summed E-state index contributed by atoms with van der Waals surface area (Å²) < 4.78 is 22.0. The maximum absolute atomic E-state index is 13.3. The molecule has 0 spiro atoms. The largest absolute Gasteiger partial charge is 0.497 e. The van der Waals surface area contributed by atoms with E-state index in [1.807, 2.05) is 77.8 Å². The zero-order valence-electron chi connectivity index (χ0n) is 21.0. The first kappa shape index (κ1) is 25.1. The minimum absolute atomic E-state index is 0.00386. The molecule has 3 aromatic carbocycles. The number of aromatic amines is 1. The van der Waals surface area contributed by atoms with Crippen LogP contribution in [0.4, 0.5) is 0 Å². The van der Waals surface area contributed by atoms with Crippen molar-refractivity contribution in [3.63, 3.8) is 0 Å². The number of carbonyl (C=O) groups is 1. The third-order valence-corrected chi connectivity index (χ3v) is 6.14. The normalized spacial score (nSPS) is 10.9. The number of rotatable bonds is 12. The molecule has 0 unspecified atom stereocenters.